The monoisotopic (exact) mass is 149 g/mol. The van der Waals surface area contributed by atoms with Gasteiger partial charge in [0.05, 0.1) is 6.42 Å². The second-order valence-electron chi connectivity index (χ2n) is 2.09. The molecule has 56 valence electrons. The van der Waals surface area contributed by atoms with E-state index in [1.165, 1.54) is 6.08 Å². The van der Waals surface area contributed by atoms with Crippen LogP contribution >= 0.6 is 0 Å². The molecule has 0 amide bonds. The van der Waals surface area contributed by atoms with Crippen molar-refractivity contribution in [1.82, 2.24) is 0 Å². The molecule has 0 fully saturated rings. The molecule has 0 atom stereocenters. The fourth-order valence-electron chi connectivity index (χ4n) is 0.711. The predicted molar refractivity (Wildman–Crippen MR) is 43.4 cm³/mol. The molecule has 0 saturated carbocycles. The second-order valence-corrected chi connectivity index (χ2v) is 2.09. The maximum atomic E-state index is 8.90. The van der Waals surface area contributed by atoms with Gasteiger partial charge in [0.25, 0.3) is 0 Å². The molecular formula is C8H9N2O+. The van der Waals surface area contributed by atoms with Crippen molar-refractivity contribution in [2.24, 2.45) is 4.99 Å². The van der Waals surface area contributed by atoms with Gasteiger partial charge in [0, 0.05) is 12.2 Å². The molecular weight excluding hydrogens is 140 g/mol. The number of aliphatic hydroxyl groups is 1. The topological polar surface area (TPSA) is 58.2 Å². The number of aliphatic imine (C=N–C) groups is 1. The van der Waals surface area contributed by atoms with Gasteiger partial charge in [-0.05, 0) is 11.4 Å². The van der Waals surface area contributed by atoms with Crippen LogP contribution in [0.4, 0.5) is 0 Å². The van der Waals surface area contributed by atoms with Crippen LogP contribution in [0.2, 0.25) is 0 Å². The average molecular weight is 149 g/mol. The summed E-state index contributed by atoms with van der Waals surface area (Å²) in [6, 6.07) is 0. The SMILES string of the molecule is [NH2+]=CCC1=CC=C(O)N=C=C1. The van der Waals surface area contributed by atoms with Crippen LogP contribution in [0.3, 0.4) is 0 Å². The Bertz CT molecular complexity index is 280. The molecule has 1 aliphatic heterocycles. The van der Waals surface area contributed by atoms with E-state index >= 15 is 0 Å². The number of nitrogens with two attached hydrogens (primary N) is 1. The average Bonchev–Trinajstić information content (AvgIpc) is 2.17. The normalized spacial score (nSPS) is 15.3. The summed E-state index contributed by atoms with van der Waals surface area (Å²) >= 11 is 0. The van der Waals surface area contributed by atoms with Gasteiger partial charge < -0.3 is 5.11 Å². The lowest BCUT2D eigenvalue weighted by Crippen LogP contribution is -2.29. The molecule has 0 aromatic carbocycles. The van der Waals surface area contributed by atoms with Gasteiger partial charge in [-0.2, -0.15) is 4.99 Å². The second kappa shape index (κ2) is 3.54. The lowest BCUT2D eigenvalue weighted by molar-refractivity contribution is -0.107. The summed E-state index contributed by atoms with van der Waals surface area (Å²) in [4.78, 5) is 3.56. The molecule has 0 bridgehead atoms. The van der Waals surface area contributed by atoms with Crippen LogP contribution in [-0.4, -0.2) is 17.2 Å². The molecule has 0 aliphatic carbocycles. The number of hydrogen-bond acceptors (Lipinski definition) is 2. The van der Waals surface area contributed by atoms with Crippen molar-refractivity contribution in [3.05, 3.63) is 29.7 Å². The lowest BCUT2D eigenvalue weighted by atomic mass is 10.2. The van der Waals surface area contributed by atoms with Crippen LogP contribution in [0.25, 0.3) is 0 Å². The van der Waals surface area contributed by atoms with Gasteiger partial charge in [-0.1, -0.05) is 6.08 Å². The predicted octanol–water partition coefficient (Wildman–Crippen LogP) is -0.228. The van der Waals surface area contributed by atoms with Crippen LogP contribution in [0, 0.1) is 0 Å². The molecule has 3 heteroatoms. The number of allylic oxidation sites excluding steroid dienone is 4. The fourth-order valence-corrected chi connectivity index (χ4v) is 0.711. The maximum absolute atomic E-state index is 8.90. The summed E-state index contributed by atoms with van der Waals surface area (Å²) in [6.45, 7) is 0. The highest BCUT2D eigenvalue weighted by Crippen LogP contribution is 2.03. The fraction of sp³-hybridized carbons (Fsp3) is 0.125. The Morgan fingerprint density at radius 2 is 2.45 bits per heavy atom. The van der Waals surface area contributed by atoms with Crippen molar-refractivity contribution in [3.8, 4) is 0 Å². The van der Waals surface area contributed by atoms with E-state index in [9.17, 15) is 0 Å². The van der Waals surface area contributed by atoms with Crippen molar-refractivity contribution in [2.75, 3.05) is 0 Å². The van der Waals surface area contributed by atoms with Gasteiger partial charge >= 0.3 is 0 Å². The van der Waals surface area contributed by atoms with E-state index in [2.05, 4.69) is 10.9 Å². The van der Waals surface area contributed by atoms with Crippen LogP contribution in [-0.2, 0) is 0 Å². The summed E-state index contributed by atoms with van der Waals surface area (Å²) < 4.78 is 0. The summed E-state index contributed by atoms with van der Waals surface area (Å²) in [7, 11) is 0. The van der Waals surface area contributed by atoms with Gasteiger partial charge in [-0.25, -0.2) is 0 Å². The molecule has 0 radical (unpaired) electrons. The van der Waals surface area contributed by atoms with E-state index in [1.807, 2.05) is 0 Å². The summed E-state index contributed by atoms with van der Waals surface area (Å²) in [5, 5.41) is 14.1. The van der Waals surface area contributed by atoms with Crippen molar-refractivity contribution < 1.29 is 10.5 Å². The van der Waals surface area contributed by atoms with E-state index in [0.717, 1.165) is 5.57 Å². The molecule has 3 N–H and O–H groups in total. The third-order valence-corrected chi connectivity index (χ3v) is 1.23. The van der Waals surface area contributed by atoms with Crippen LogP contribution in [0.15, 0.2) is 34.7 Å². The van der Waals surface area contributed by atoms with Crippen LogP contribution in [0.1, 0.15) is 6.42 Å². The minimum atomic E-state index is -0.0340. The first kappa shape index (κ1) is 7.51. The van der Waals surface area contributed by atoms with E-state index in [-0.39, 0.29) is 5.88 Å². The first-order valence-electron chi connectivity index (χ1n) is 3.25. The molecule has 1 heterocycles. The number of nitrogens with zero attached hydrogens (tertiary/aromatic N) is 1. The number of rotatable bonds is 2. The summed E-state index contributed by atoms with van der Waals surface area (Å²) in [5.74, 6) is 2.54. The summed E-state index contributed by atoms with van der Waals surface area (Å²) in [6.07, 6.45) is 7.15. The molecule has 1 aliphatic rings. The third-order valence-electron chi connectivity index (χ3n) is 1.23. The van der Waals surface area contributed by atoms with Crippen molar-refractivity contribution >= 4 is 12.1 Å². The van der Waals surface area contributed by atoms with Gasteiger partial charge in [0.15, 0.2) is 0 Å². The molecule has 0 spiro atoms. The molecule has 0 unspecified atom stereocenters. The Hall–Kier alpha value is -1.60. The van der Waals surface area contributed by atoms with E-state index in [4.69, 9.17) is 10.5 Å². The van der Waals surface area contributed by atoms with Gasteiger partial charge in [0.1, 0.15) is 6.21 Å². The first-order valence-corrected chi connectivity index (χ1v) is 3.25. The standard InChI is InChI=1S/C8H8N2O/c9-5-3-7-1-2-8(11)10-6-4-7/h1-2,4-5,9,11H,3H2/p+1. The third kappa shape index (κ3) is 2.24. The van der Waals surface area contributed by atoms with Gasteiger partial charge in [-0.15, -0.1) is 0 Å². The molecule has 3 nitrogen and oxygen atoms in total. The molecule has 0 saturated heterocycles. The Morgan fingerprint density at radius 1 is 1.64 bits per heavy atom. The highest BCUT2D eigenvalue weighted by Gasteiger charge is 1.93. The van der Waals surface area contributed by atoms with Gasteiger partial charge in [-0.3, -0.25) is 5.41 Å². The molecule has 11 heavy (non-hydrogen) atoms. The molecule has 0 aromatic heterocycles. The Kier molecular flexibility index (Phi) is 2.42. The summed E-state index contributed by atoms with van der Waals surface area (Å²) in [5.41, 5.74) is 0.973. The van der Waals surface area contributed by atoms with Crippen molar-refractivity contribution in [2.45, 2.75) is 6.42 Å². The molecule has 0 aromatic rings. The zero-order valence-corrected chi connectivity index (χ0v) is 5.99. The zero-order valence-electron chi connectivity index (χ0n) is 5.99. The largest absolute Gasteiger partial charge is 0.493 e. The number of hydrogen-bond donors (Lipinski definition) is 2. The lowest BCUT2D eigenvalue weighted by Gasteiger charge is -1.86. The minimum absolute atomic E-state index is 0.0340. The van der Waals surface area contributed by atoms with Gasteiger partial charge in [0.2, 0.25) is 5.88 Å². The molecule has 1 rings (SSSR count). The zero-order chi connectivity index (χ0) is 8.10. The quantitative estimate of drug-likeness (QED) is 0.523. The maximum Gasteiger partial charge on any atom is 0.219 e. The van der Waals surface area contributed by atoms with Crippen LogP contribution in [0.5, 0.6) is 0 Å². The first-order chi connectivity index (χ1) is 5.33. The Balaban J connectivity index is 2.84. The van der Waals surface area contributed by atoms with E-state index in [0.29, 0.717) is 6.42 Å². The number of aliphatic hydroxyl groups excluding tert-OH is 1. The Morgan fingerprint density at radius 3 is 3.18 bits per heavy atom. The van der Waals surface area contributed by atoms with E-state index < -0.39 is 0 Å². The Labute approximate surface area is 64.6 Å². The smallest absolute Gasteiger partial charge is 0.219 e. The minimum Gasteiger partial charge on any atom is -0.493 e. The van der Waals surface area contributed by atoms with E-state index in [1.54, 1.807) is 18.4 Å². The van der Waals surface area contributed by atoms with Crippen LogP contribution < -0.4 is 5.41 Å². The van der Waals surface area contributed by atoms with Crippen molar-refractivity contribution in [1.29, 1.82) is 0 Å². The highest BCUT2D eigenvalue weighted by atomic mass is 16.3. The highest BCUT2D eigenvalue weighted by molar-refractivity contribution is 5.65. The van der Waals surface area contributed by atoms with Crippen molar-refractivity contribution in [3.63, 3.8) is 0 Å².